The minimum atomic E-state index is -0.908. The standard InChI is InChI=1S/C19H25NO5/c1-14-3-5-17(24-2)15(13-14)4-6-18(21)20(10-7-19(22)23)16-8-11-25-12-9-16/h3-6,13,16H,7-12H2,1-2H3,(H,22,23). The van der Waals surface area contributed by atoms with Gasteiger partial charge in [0.2, 0.25) is 5.91 Å². The average molecular weight is 347 g/mol. The molecule has 0 bridgehead atoms. The Kier molecular flexibility index (Phi) is 7.01. The van der Waals surface area contributed by atoms with Gasteiger partial charge in [-0.1, -0.05) is 11.6 Å². The minimum Gasteiger partial charge on any atom is -0.496 e. The first-order valence-electron chi connectivity index (χ1n) is 8.44. The number of hydrogen-bond acceptors (Lipinski definition) is 4. The van der Waals surface area contributed by atoms with E-state index in [0.717, 1.165) is 24.0 Å². The fourth-order valence-electron chi connectivity index (χ4n) is 2.93. The highest BCUT2D eigenvalue weighted by molar-refractivity contribution is 5.92. The third-order valence-electron chi connectivity index (χ3n) is 4.27. The summed E-state index contributed by atoms with van der Waals surface area (Å²) in [5, 5.41) is 8.95. The first-order valence-corrected chi connectivity index (χ1v) is 8.44. The molecule has 0 spiro atoms. The molecule has 1 aliphatic rings. The van der Waals surface area contributed by atoms with Gasteiger partial charge in [-0.3, -0.25) is 9.59 Å². The van der Waals surface area contributed by atoms with Crippen LogP contribution >= 0.6 is 0 Å². The maximum Gasteiger partial charge on any atom is 0.305 e. The Bertz CT molecular complexity index is 635. The Balaban J connectivity index is 2.14. The topological polar surface area (TPSA) is 76.1 Å². The van der Waals surface area contributed by atoms with Gasteiger partial charge in [-0.15, -0.1) is 0 Å². The molecule has 1 N–H and O–H groups in total. The summed E-state index contributed by atoms with van der Waals surface area (Å²) in [6.07, 6.45) is 4.61. The van der Waals surface area contributed by atoms with Crippen LogP contribution in [0.2, 0.25) is 0 Å². The number of carboxylic acid groups (broad SMARTS) is 1. The summed E-state index contributed by atoms with van der Waals surface area (Å²) in [7, 11) is 1.59. The number of amides is 1. The van der Waals surface area contributed by atoms with Gasteiger partial charge < -0.3 is 19.5 Å². The number of hydrogen-bond donors (Lipinski definition) is 1. The Morgan fingerprint density at radius 2 is 2.08 bits per heavy atom. The zero-order chi connectivity index (χ0) is 18.2. The van der Waals surface area contributed by atoms with E-state index in [1.807, 2.05) is 25.1 Å². The Morgan fingerprint density at radius 3 is 2.72 bits per heavy atom. The molecule has 1 aromatic rings. The number of aliphatic carboxylic acids is 1. The van der Waals surface area contributed by atoms with Gasteiger partial charge in [0, 0.05) is 37.4 Å². The van der Waals surface area contributed by atoms with E-state index in [1.165, 1.54) is 6.08 Å². The SMILES string of the molecule is COc1ccc(C)cc1C=CC(=O)N(CCC(=O)O)C1CCOCC1. The van der Waals surface area contributed by atoms with Crippen molar-refractivity contribution in [3.63, 3.8) is 0 Å². The number of ether oxygens (including phenoxy) is 2. The van der Waals surface area contributed by atoms with Crippen LogP contribution in [0.4, 0.5) is 0 Å². The van der Waals surface area contributed by atoms with Crippen molar-refractivity contribution in [3.8, 4) is 5.75 Å². The molecule has 0 atom stereocenters. The van der Waals surface area contributed by atoms with Crippen molar-refractivity contribution in [2.75, 3.05) is 26.9 Å². The van der Waals surface area contributed by atoms with Crippen molar-refractivity contribution in [2.45, 2.75) is 32.2 Å². The molecule has 0 radical (unpaired) electrons. The van der Waals surface area contributed by atoms with E-state index >= 15 is 0 Å². The van der Waals surface area contributed by atoms with Crippen LogP contribution in [0, 0.1) is 6.92 Å². The van der Waals surface area contributed by atoms with Crippen LogP contribution in [0.3, 0.4) is 0 Å². The van der Waals surface area contributed by atoms with Crippen molar-refractivity contribution < 1.29 is 24.2 Å². The molecule has 136 valence electrons. The lowest BCUT2D eigenvalue weighted by atomic mass is 10.1. The average Bonchev–Trinajstić information content (AvgIpc) is 2.61. The van der Waals surface area contributed by atoms with Crippen LogP contribution in [0.1, 0.15) is 30.4 Å². The maximum absolute atomic E-state index is 12.7. The number of aryl methyl sites for hydroxylation is 1. The summed E-state index contributed by atoms with van der Waals surface area (Å²) in [5.41, 5.74) is 1.89. The monoisotopic (exact) mass is 347 g/mol. The second-order valence-corrected chi connectivity index (χ2v) is 6.10. The van der Waals surface area contributed by atoms with Gasteiger partial charge in [0.15, 0.2) is 0 Å². The predicted octanol–water partition coefficient (Wildman–Crippen LogP) is 2.50. The summed E-state index contributed by atoms with van der Waals surface area (Å²) in [4.78, 5) is 25.2. The Hall–Kier alpha value is -2.34. The maximum atomic E-state index is 12.7. The van der Waals surface area contributed by atoms with Crippen molar-refractivity contribution in [1.29, 1.82) is 0 Å². The Labute approximate surface area is 148 Å². The van der Waals surface area contributed by atoms with Crippen molar-refractivity contribution in [2.24, 2.45) is 0 Å². The van der Waals surface area contributed by atoms with Gasteiger partial charge in [-0.2, -0.15) is 0 Å². The summed E-state index contributed by atoms with van der Waals surface area (Å²) in [6, 6.07) is 5.77. The van der Waals surface area contributed by atoms with Crippen LogP contribution in [0.25, 0.3) is 6.08 Å². The molecule has 0 saturated carbocycles. The predicted molar refractivity (Wildman–Crippen MR) is 94.6 cm³/mol. The van der Waals surface area contributed by atoms with Crippen molar-refractivity contribution in [3.05, 3.63) is 35.4 Å². The van der Waals surface area contributed by atoms with Crippen molar-refractivity contribution in [1.82, 2.24) is 4.90 Å². The number of carbonyl (C=O) groups is 2. The zero-order valence-corrected chi connectivity index (χ0v) is 14.7. The summed E-state index contributed by atoms with van der Waals surface area (Å²) in [6.45, 7) is 3.36. The lowest BCUT2D eigenvalue weighted by Gasteiger charge is -2.33. The quantitative estimate of drug-likeness (QED) is 0.767. The van der Waals surface area contributed by atoms with Crippen LogP contribution in [-0.4, -0.2) is 54.8 Å². The number of carboxylic acids is 1. The Morgan fingerprint density at radius 1 is 1.36 bits per heavy atom. The lowest BCUT2D eigenvalue weighted by molar-refractivity contribution is -0.138. The van der Waals surface area contributed by atoms with E-state index in [9.17, 15) is 9.59 Å². The molecule has 6 heteroatoms. The number of carbonyl (C=O) groups excluding carboxylic acids is 1. The van der Waals surface area contributed by atoms with E-state index in [4.69, 9.17) is 14.6 Å². The van der Waals surface area contributed by atoms with Crippen molar-refractivity contribution >= 4 is 18.0 Å². The van der Waals surface area contributed by atoms with Gasteiger partial charge >= 0.3 is 5.97 Å². The first kappa shape index (κ1) is 19.0. The van der Waals surface area contributed by atoms with Gasteiger partial charge in [-0.25, -0.2) is 0 Å². The van der Waals surface area contributed by atoms with Gasteiger partial charge in [0.25, 0.3) is 0 Å². The van der Waals surface area contributed by atoms with Crippen LogP contribution in [-0.2, 0) is 14.3 Å². The summed E-state index contributed by atoms with van der Waals surface area (Å²) in [5.74, 6) is -0.399. The molecule has 0 aromatic heterocycles. The normalized spacial score (nSPS) is 15.3. The van der Waals surface area contributed by atoms with Crippen LogP contribution in [0.15, 0.2) is 24.3 Å². The number of nitrogens with zero attached hydrogens (tertiary/aromatic N) is 1. The second kappa shape index (κ2) is 9.22. The highest BCUT2D eigenvalue weighted by atomic mass is 16.5. The molecular formula is C19H25NO5. The molecular weight excluding hydrogens is 322 g/mol. The van der Waals surface area contributed by atoms with Gasteiger partial charge in [-0.05, 0) is 38.0 Å². The largest absolute Gasteiger partial charge is 0.496 e. The summed E-state index contributed by atoms with van der Waals surface area (Å²) < 4.78 is 10.7. The van der Waals surface area contributed by atoms with Crippen LogP contribution in [0.5, 0.6) is 5.75 Å². The molecule has 1 aliphatic heterocycles. The highest BCUT2D eigenvalue weighted by Crippen LogP contribution is 2.22. The van der Waals surface area contributed by atoms with Gasteiger partial charge in [0.05, 0.1) is 13.5 Å². The fourth-order valence-corrected chi connectivity index (χ4v) is 2.93. The number of rotatable bonds is 7. The zero-order valence-electron chi connectivity index (χ0n) is 14.7. The van der Waals surface area contributed by atoms with E-state index < -0.39 is 5.97 Å². The van der Waals surface area contributed by atoms with Gasteiger partial charge in [0.1, 0.15) is 5.75 Å². The molecule has 0 aliphatic carbocycles. The second-order valence-electron chi connectivity index (χ2n) is 6.10. The lowest BCUT2D eigenvalue weighted by Crippen LogP contribution is -2.43. The molecule has 2 rings (SSSR count). The van der Waals surface area contributed by atoms with E-state index in [-0.39, 0.29) is 24.9 Å². The summed E-state index contributed by atoms with van der Waals surface area (Å²) >= 11 is 0. The number of benzene rings is 1. The molecule has 1 heterocycles. The fraction of sp³-hybridized carbons (Fsp3) is 0.474. The molecule has 1 amide bonds. The first-order chi connectivity index (χ1) is 12.0. The third-order valence-corrected chi connectivity index (χ3v) is 4.27. The molecule has 1 aromatic carbocycles. The molecule has 1 fully saturated rings. The molecule has 6 nitrogen and oxygen atoms in total. The molecule has 1 saturated heterocycles. The number of methoxy groups -OCH3 is 1. The molecule has 0 unspecified atom stereocenters. The minimum absolute atomic E-state index is 0.0182. The van der Waals surface area contributed by atoms with E-state index in [0.29, 0.717) is 19.0 Å². The third kappa shape index (κ3) is 5.60. The highest BCUT2D eigenvalue weighted by Gasteiger charge is 2.24. The molecule has 25 heavy (non-hydrogen) atoms. The van der Waals surface area contributed by atoms with E-state index in [1.54, 1.807) is 18.1 Å². The van der Waals surface area contributed by atoms with Crippen LogP contribution < -0.4 is 4.74 Å². The smallest absolute Gasteiger partial charge is 0.305 e. The van der Waals surface area contributed by atoms with E-state index in [2.05, 4.69) is 0 Å².